The molecule has 0 aromatic heterocycles. The highest BCUT2D eigenvalue weighted by Crippen LogP contribution is 2.12. The number of hydrogen-bond acceptors (Lipinski definition) is 1. The van der Waals surface area contributed by atoms with Crippen molar-refractivity contribution in [3.05, 3.63) is 23.8 Å². The first kappa shape index (κ1) is 14.2. The Morgan fingerprint density at radius 1 is 1.07 bits per heavy atom. The molecule has 0 saturated carbocycles. The van der Waals surface area contributed by atoms with Crippen molar-refractivity contribution in [3.8, 4) is 0 Å². The zero-order chi connectivity index (χ0) is 11.5. The van der Waals surface area contributed by atoms with Gasteiger partial charge in [0.2, 0.25) is 0 Å². The van der Waals surface area contributed by atoms with Crippen LogP contribution in [0.15, 0.2) is 23.8 Å². The van der Waals surface area contributed by atoms with Crippen LogP contribution in [0.4, 0.5) is 0 Å². The van der Waals surface area contributed by atoms with Gasteiger partial charge in [0.1, 0.15) is 0 Å². The predicted molar refractivity (Wildman–Crippen MR) is 67.0 cm³/mol. The molecule has 0 aromatic rings. The molecule has 0 amide bonds. The summed E-state index contributed by atoms with van der Waals surface area (Å²) in [6.07, 6.45) is 13.3. The highest BCUT2D eigenvalue weighted by molar-refractivity contribution is 5.87. The fourth-order valence-electron chi connectivity index (χ4n) is 1.48. The van der Waals surface area contributed by atoms with Gasteiger partial charge in [0.25, 0.3) is 0 Å². The quantitative estimate of drug-likeness (QED) is 0.327. The summed E-state index contributed by atoms with van der Waals surface area (Å²) in [5.74, 6) is 0.125. The second-order valence-corrected chi connectivity index (χ2v) is 3.97. The second kappa shape index (κ2) is 9.70. The smallest absolute Gasteiger partial charge is 0.152 e. The molecule has 1 nitrogen and oxygen atoms in total. The van der Waals surface area contributed by atoms with E-state index in [1.807, 2.05) is 13.0 Å². The molecular formula is C14H24O. The SMILES string of the molecule is C/C=C(\C=C\C(C)=O)CCCCCCC. The summed E-state index contributed by atoms with van der Waals surface area (Å²) >= 11 is 0. The van der Waals surface area contributed by atoms with Gasteiger partial charge in [-0.3, -0.25) is 4.79 Å². The van der Waals surface area contributed by atoms with Crippen LogP contribution in [-0.2, 0) is 4.79 Å². The summed E-state index contributed by atoms with van der Waals surface area (Å²) in [6, 6.07) is 0. The Kier molecular flexibility index (Phi) is 9.15. The van der Waals surface area contributed by atoms with Crippen LogP contribution >= 0.6 is 0 Å². The second-order valence-electron chi connectivity index (χ2n) is 3.97. The van der Waals surface area contributed by atoms with E-state index < -0.39 is 0 Å². The molecule has 15 heavy (non-hydrogen) atoms. The van der Waals surface area contributed by atoms with Crippen LogP contribution in [-0.4, -0.2) is 5.78 Å². The Morgan fingerprint density at radius 3 is 2.27 bits per heavy atom. The lowest BCUT2D eigenvalue weighted by Crippen LogP contribution is -1.85. The Morgan fingerprint density at radius 2 is 1.73 bits per heavy atom. The lowest BCUT2D eigenvalue weighted by molar-refractivity contribution is -0.112. The van der Waals surface area contributed by atoms with Crippen molar-refractivity contribution in [2.45, 2.75) is 59.3 Å². The first-order valence-corrected chi connectivity index (χ1v) is 6.04. The van der Waals surface area contributed by atoms with Crippen molar-refractivity contribution in [1.29, 1.82) is 0 Å². The Hall–Kier alpha value is -0.850. The molecule has 0 aliphatic carbocycles. The number of hydrogen-bond donors (Lipinski definition) is 0. The van der Waals surface area contributed by atoms with Crippen LogP contribution in [0.5, 0.6) is 0 Å². The molecule has 0 N–H and O–H groups in total. The third-order valence-electron chi connectivity index (χ3n) is 2.47. The van der Waals surface area contributed by atoms with E-state index in [-0.39, 0.29) is 5.78 Å². The maximum absolute atomic E-state index is 10.8. The Balaban J connectivity index is 3.68. The zero-order valence-electron chi connectivity index (χ0n) is 10.4. The molecule has 0 aliphatic rings. The van der Waals surface area contributed by atoms with E-state index in [0.29, 0.717) is 0 Å². The fourth-order valence-corrected chi connectivity index (χ4v) is 1.48. The Bertz CT molecular complexity index is 223. The van der Waals surface area contributed by atoms with Crippen molar-refractivity contribution in [3.63, 3.8) is 0 Å². The van der Waals surface area contributed by atoms with E-state index in [2.05, 4.69) is 13.0 Å². The maximum atomic E-state index is 10.8. The van der Waals surface area contributed by atoms with Crippen molar-refractivity contribution in [2.24, 2.45) is 0 Å². The highest BCUT2D eigenvalue weighted by Gasteiger charge is 1.93. The van der Waals surface area contributed by atoms with Gasteiger partial charge in [0.05, 0.1) is 0 Å². The summed E-state index contributed by atoms with van der Waals surface area (Å²) < 4.78 is 0. The topological polar surface area (TPSA) is 17.1 Å². The molecule has 0 bridgehead atoms. The van der Waals surface area contributed by atoms with Crippen LogP contribution in [0.1, 0.15) is 59.3 Å². The molecule has 0 heterocycles. The zero-order valence-corrected chi connectivity index (χ0v) is 10.4. The van der Waals surface area contributed by atoms with Crippen molar-refractivity contribution < 1.29 is 4.79 Å². The van der Waals surface area contributed by atoms with Gasteiger partial charge >= 0.3 is 0 Å². The summed E-state index contributed by atoms with van der Waals surface area (Å²) in [7, 11) is 0. The standard InChI is InChI=1S/C14H24O/c1-4-6-7-8-9-10-14(5-2)12-11-13(3)15/h5,11-12H,4,6-10H2,1-3H3/b12-11+,14-5-. The summed E-state index contributed by atoms with van der Waals surface area (Å²) in [5, 5.41) is 0. The van der Waals surface area contributed by atoms with Gasteiger partial charge in [0.15, 0.2) is 5.78 Å². The molecule has 0 saturated heterocycles. The highest BCUT2D eigenvalue weighted by atomic mass is 16.1. The van der Waals surface area contributed by atoms with Gasteiger partial charge in [-0.1, -0.05) is 50.3 Å². The minimum Gasteiger partial charge on any atom is -0.295 e. The van der Waals surface area contributed by atoms with Crippen LogP contribution in [0.2, 0.25) is 0 Å². The van der Waals surface area contributed by atoms with Gasteiger partial charge in [-0.05, 0) is 32.8 Å². The van der Waals surface area contributed by atoms with Crippen LogP contribution < -0.4 is 0 Å². The first-order chi connectivity index (χ1) is 7.20. The van der Waals surface area contributed by atoms with Gasteiger partial charge in [0, 0.05) is 0 Å². The number of carbonyl (C=O) groups excluding carboxylic acids is 1. The van der Waals surface area contributed by atoms with E-state index in [4.69, 9.17) is 0 Å². The van der Waals surface area contributed by atoms with Crippen molar-refractivity contribution in [2.75, 3.05) is 0 Å². The number of rotatable bonds is 8. The van der Waals surface area contributed by atoms with Gasteiger partial charge in [-0.2, -0.15) is 0 Å². The third-order valence-corrected chi connectivity index (χ3v) is 2.47. The molecule has 0 unspecified atom stereocenters. The average molecular weight is 208 g/mol. The molecule has 0 radical (unpaired) electrons. The minimum atomic E-state index is 0.125. The predicted octanol–water partition coefficient (Wildman–Crippen LogP) is 4.44. The summed E-state index contributed by atoms with van der Waals surface area (Å²) in [4.78, 5) is 10.8. The molecule has 1 heteroatoms. The molecule has 0 fully saturated rings. The number of carbonyl (C=O) groups is 1. The first-order valence-electron chi connectivity index (χ1n) is 6.04. The van der Waals surface area contributed by atoms with Crippen molar-refractivity contribution >= 4 is 5.78 Å². The third kappa shape index (κ3) is 9.45. The molecule has 0 aromatic carbocycles. The minimum absolute atomic E-state index is 0.125. The normalized spacial score (nSPS) is 12.3. The van der Waals surface area contributed by atoms with E-state index >= 15 is 0 Å². The fraction of sp³-hybridized carbons (Fsp3) is 0.643. The molecule has 0 spiro atoms. The lowest BCUT2D eigenvalue weighted by atomic mass is 10.0. The average Bonchev–Trinajstić information content (AvgIpc) is 2.22. The summed E-state index contributed by atoms with van der Waals surface area (Å²) in [6.45, 7) is 5.85. The van der Waals surface area contributed by atoms with E-state index in [0.717, 1.165) is 6.42 Å². The number of ketones is 1. The number of allylic oxidation sites excluding steroid dienone is 4. The Labute approximate surface area is 94.3 Å². The lowest BCUT2D eigenvalue weighted by Gasteiger charge is -2.01. The van der Waals surface area contributed by atoms with Crippen LogP contribution in [0, 0.1) is 0 Å². The van der Waals surface area contributed by atoms with E-state index in [9.17, 15) is 4.79 Å². The molecule has 0 rings (SSSR count). The van der Waals surface area contributed by atoms with Crippen LogP contribution in [0.3, 0.4) is 0 Å². The summed E-state index contributed by atoms with van der Waals surface area (Å²) in [5.41, 5.74) is 1.28. The monoisotopic (exact) mass is 208 g/mol. The maximum Gasteiger partial charge on any atom is 0.152 e. The van der Waals surface area contributed by atoms with Gasteiger partial charge < -0.3 is 0 Å². The van der Waals surface area contributed by atoms with Crippen LogP contribution in [0.25, 0.3) is 0 Å². The number of unbranched alkanes of at least 4 members (excludes halogenated alkanes) is 4. The van der Waals surface area contributed by atoms with E-state index in [1.54, 1.807) is 13.0 Å². The van der Waals surface area contributed by atoms with Gasteiger partial charge in [-0.15, -0.1) is 0 Å². The molecule has 0 atom stereocenters. The molecule has 86 valence electrons. The molecular weight excluding hydrogens is 184 g/mol. The van der Waals surface area contributed by atoms with Crippen molar-refractivity contribution in [1.82, 2.24) is 0 Å². The molecule has 0 aliphatic heterocycles. The largest absolute Gasteiger partial charge is 0.295 e. The van der Waals surface area contributed by atoms with Gasteiger partial charge in [-0.25, -0.2) is 0 Å². The van der Waals surface area contributed by atoms with E-state index in [1.165, 1.54) is 37.7 Å².